The number of hydrogen-bond donors (Lipinski definition) is 0. The Labute approximate surface area is 461 Å². The Morgan fingerprint density at radius 3 is 0.757 bits per heavy atom. The molecule has 74 heavy (non-hydrogen) atoms. The molecule has 0 N–H and O–H groups in total. The lowest BCUT2D eigenvalue weighted by molar-refractivity contribution is -0.167. The molecule has 0 aromatic carbocycles. The van der Waals surface area contributed by atoms with E-state index in [4.69, 9.17) is 14.2 Å². The van der Waals surface area contributed by atoms with Crippen molar-refractivity contribution in [1.29, 1.82) is 0 Å². The first-order valence-corrected chi connectivity index (χ1v) is 33.0. The molecule has 434 valence electrons. The van der Waals surface area contributed by atoms with Gasteiger partial charge in [-0.25, -0.2) is 0 Å². The van der Waals surface area contributed by atoms with Gasteiger partial charge < -0.3 is 14.2 Å². The molecule has 0 saturated carbocycles. The van der Waals surface area contributed by atoms with Crippen molar-refractivity contribution in [3.05, 3.63) is 36.5 Å². The fourth-order valence-corrected chi connectivity index (χ4v) is 9.88. The predicted octanol–water partition coefficient (Wildman–Crippen LogP) is 22.4. The number of rotatable bonds is 61. The Morgan fingerprint density at radius 2 is 0.486 bits per heavy atom. The zero-order valence-electron chi connectivity index (χ0n) is 49.9. The fraction of sp³-hybridized carbons (Fsp3) is 0.868. The van der Waals surface area contributed by atoms with E-state index in [1.54, 1.807) is 0 Å². The summed E-state index contributed by atoms with van der Waals surface area (Å²) in [5, 5.41) is 0. The second kappa shape index (κ2) is 63.2. The molecule has 1 atom stereocenters. The maximum absolute atomic E-state index is 12.9. The lowest BCUT2D eigenvalue weighted by Gasteiger charge is -2.18. The molecular weight excluding hydrogens is 913 g/mol. The average Bonchev–Trinajstić information content (AvgIpc) is 3.40. The van der Waals surface area contributed by atoms with Crippen LogP contribution in [0.2, 0.25) is 0 Å². The van der Waals surface area contributed by atoms with Crippen molar-refractivity contribution in [3.63, 3.8) is 0 Å². The number of carbonyl (C=O) groups excluding carboxylic acids is 3. The van der Waals surface area contributed by atoms with Crippen molar-refractivity contribution in [2.75, 3.05) is 13.2 Å². The third-order valence-corrected chi connectivity index (χ3v) is 14.9. The summed E-state index contributed by atoms with van der Waals surface area (Å²) >= 11 is 0. The molecule has 0 bridgehead atoms. The van der Waals surface area contributed by atoms with Gasteiger partial charge in [-0.2, -0.15) is 0 Å². The van der Waals surface area contributed by atoms with Gasteiger partial charge in [0.15, 0.2) is 6.10 Å². The smallest absolute Gasteiger partial charge is 0.306 e. The summed E-state index contributed by atoms with van der Waals surface area (Å²) in [5.41, 5.74) is 0. The lowest BCUT2D eigenvalue weighted by atomic mass is 10.0. The number of carbonyl (C=O) groups is 3. The summed E-state index contributed by atoms with van der Waals surface area (Å²) in [4.78, 5) is 38.3. The van der Waals surface area contributed by atoms with Crippen LogP contribution >= 0.6 is 0 Å². The Hall–Kier alpha value is -2.37. The van der Waals surface area contributed by atoms with Crippen LogP contribution in [-0.2, 0) is 28.6 Å². The third-order valence-electron chi connectivity index (χ3n) is 14.9. The minimum absolute atomic E-state index is 0.0714. The van der Waals surface area contributed by atoms with Gasteiger partial charge in [0.1, 0.15) is 13.2 Å². The molecule has 0 aliphatic carbocycles. The molecular formula is C68H126O6. The molecule has 0 fully saturated rings. The summed E-state index contributed by atoms with van der Waals surface area (Å²) in [6.45, 7) is 6.68. The predicted molar refractivity (Wildman–Crippen MR) is 321 cm³/mol. The molecule has 0 aromatic rings. The number of hydrogen-bond acceptors (Lipinski definition) is 6. The molecule has 1 unspecified atom stereocenters. The molecule has 0 heterocycles. The van der Waals surface area contributed by atoms with Crippen molar-refractivity contribution in [3.8, 4) is 0 Å². The molecule has 0 saturated heterocycles. The van der Waals surface area contributed by atoms with Gasteiger partial charge in [-0.05, 0) is 77.0 Å². The van der Waals surface area contributed by atoms with E-state index >= 15 is 0 Å². The molecule has 0 aromatic heterocycles. The van der Waals surface area contributed by atoms with E-state index in [1.807, 2.05) is 0 Å². The Balaban J connectivity index is 4.30. The standard InChI is InChI=1S/C68H126O6/c1-4-7-10-13-16-19-22-25-28-30-32-33-34-35-36-38-40-43-46-49-52-55-58-61-67(70)73-64-65(63-72-66(69)60-57-54-51-48-45-42-39-27-24-21-18-15-12-9-6-3)74-68(71)62-59-56-53-50-47-44-41-37-31-29-26-23-20-17-14-11-8-5-2/h22,25,27,30,32,39,65H,4-21,23-24,26,28-29,31,33-38,40-64H2,1-3H3/b25-22-,32-30-,39-27-. The second-order valence-corrected chi connectivity index (χ2v) is 22.4. The van der Waals surface area contributed by atoms with Crippen LogP contribution in [0.3, 0.4) is 0 Å². The van der Waals surface area contributed by atoms with Crippen LogP contribution in [0.15, 0.2) is 36.5 Å². The van der Waals surface area contributed by atoms with Gasteiger partial charge in [0.05, 0.1) is 0 Å². The van der Waals surface area contributed by atoms with Crippen molar-refractivity contribution < 1.29 is 28.6 Å². The SMILES string of the molecule is CCCCCCC/C=C\C/C=C\CCCCCCCCCCCCCC(=O)OCC(COC(=O)CCCCCCC/C=C\CCCCCCCC)OC(=O)CCCCCCCCCCCCCCCCCCCC. The molecule has 0 spiro atoms. The fourth-order valence-electron chi connectivity index (χ4n) is 9.88. The highest BCUT2D eigenvalue weighted by Crippen LogP contribution is 2.18. The molecule has 0 radical (unpaired) electrons. The maximum atomic E-state index is 12.9. The van der Waals surface area contributed by atoms with E-state index in [0.29, 0.717) is 19.3 Å². The van der Waals surface area contributed by atoms with E-state index < -0.39 is 6.10 Å². The van der Waals surface area contributed by atoms with Crippen LogP contribution in [0, 0.1) is 0 Å². The van der Waals surface area contributed by atoms with Gasteiger partial charge >= 0.3 is 17.9 Å². The minimum Gasteiger partial charge on any atom is -0.462 e. The molecule has 6 nitrogen and oxygen atoms in total. The van der Waals surface area contributed by atoms with E-state index in [1.165, 1.54) is 250 Å². The highest BCUT2D eigenvalue weighted by Gasteiger charge is 2.19. The van der Waals surface area contributed by atoms with Crippen LogP contribution in [0.25, 0.3) is 0 Å². The molecule has 6 heteroatoms. The van der Waals surface area contributed by atoms with E-state index in [0.717, 1.165) is 70.6 Å². The van der Waals surface area contributed by atoms with Crippen LogP contribution in [0.1, 0.15) is 361 Å². The largest absolute Gasteiger partial charge is 0.462 e. The van der Waals surface area contributed by atoms with Crippen molar-refractivity contribution in [2.45, 2.75) is 367 Å². The van der Waals surface area contributed by atoms with Gasteiger partial charge in [-0.15, -0.1) is 0 Å². The average molecular weight is 1040 g/mol. The van der Waals surface area contributed by atoms with Gasteiger partial charge in [0, 0.05) is 19.3 Å². The first-order valence-electron chi connectivity index (χ1n) is 33.0. The summed E-state index contributed by atoms with van der Waals surface area (Å²) in [7, 11) is 0. The summed E-state index contributed by atoms with van der Waals surface area (Å²) in [6.07, 6.45) is 77.2. The summed E-state index contributed by atoms with van der Waals surface area (Å²) < 4.78 is 17.0. The molecule has 0 aliphatic rings. The van der Waals surface area contributed by atoms with Gasteiger partial charge in [0.25, 0.3) is 0 Å². The van der Waals surface area contributed by atoms with Crippen LogP contribution < -0.4 is 0 Å². The second-order valence-electron chi connectivity index (χ2n) is 22.4. The highest BCUT2D eigenvalue weighted by molar-refractivity contribution is 5.71. The Morgan fingerprint density at radius 1 is 0.270 bits per heavy atom. The molecule has 0 rings (SSSR count). The Bertz CT molecular complexity index is 1240. The number of unbranched alkanes of at least 4 members (excludes halogenated alkanes) is 44. The zero-order chi connectivity index (χ0) is 53.6. The maximum Gasteiger partial charge on any atom is 0.306 e. The van der Waals surface area contributed by atoms with Gasteiger partial charge in [-0.1, -0.05) is 301 Å². The first kappa shape index (κ1) is 71.6. The third kappa shape index (κ3) is 60.5. The van der Waals surface area contributed by atoms with Crippen LogP contribution in [-0.4, -0.2) is 37.2 Å². The monoisotopic (exact) mass is 1040 g/mol. The lowest BCUT2D eigenvalue weighted by Crippen LogP contribution is -2.30. The minimum atomic E-state index is -0.774. The van der Waals surface area contributed by atoms with E-state index in [-0.39, 0.29) is 31.1 Å². The van der Waals surface area contributed by atoms with Crippen LogP contribution in [0.4, 0.5) is 0 Å². The summed E-state index contributed by atoms with van der Waals surface area (Å²) in [6, 6.07) is 0. The quantitative estimate of drug-likeness (QED) is 0.0261. The van der Waals surface area contributed by atoms with Crippen molar-refractivity contribution in [1.82, 2.24) is 0 Å². The van der Waals surface area contributed by atoms with E-state index in [2.05, 4.69) is 57.2 Å². The summed E-state index contributed by atoms with van der Waals surface area (Å²) in [5.74, 6) is -0.856. The number of esters is 3. The topological polar surface area (TPSA) is 78.9 Å². The molecule has 0 amide bonds. The zero-order valence-corrected chi connectivity index (χ0v) is 49.9. The van der Waals surface area contributed by atoms with Crippen molar-refractivity contribution in [2.24, 2.45) is 0 Å². The highest BCUT2D eigenvalue weighted by atomic mass is 16.6. The number of allylic oxidation sites excluding steroid dienone is 6. The normalized spacial score (nSPS) is 12.2. The van der Waals surface area contributed by atoms with Gasteiger partial charge in [0.2, 0.25) is 0 Å². The first-order chi connectivity index (χ1) is 36.5. The Kier molecular flexibility index (Phi) is 61.1. The van der Waals surface area contributed by atoms with E-state index in [9.17, 15) is 14.4 Å². The van der Waals surface area contributed by atoms with Crippen molar-refractivity contribution >= 4 is 17.9 Å². The molecule has 0 aliphatic heterocycles. The number of ether oxygens (including phenoxy) is 3. The van der Waals surface area contributed by atoms with Crippen LogP contribution in [0.5, 0.6) is 0 Å². The van der Waals surface area contributed by atoms with Gasteiger partial charge in [-0.3, -0.25) is 14.4 Å².